The largest absolute Gasteiger partial charge is 0.477 e. The molecule has 106 valence electrons. The average Bonchev–Trinajstić information content (AvgIpc) is 2.81. The summed E-state index contributed by atoms with van der Waals surface area (Å²) < 4.78 is 4.79. The Labute approximate surface area is 108 Å². The number of aliphatic hydroxyl groups is 1. The van der Waals surface area contributed by atoms with Gasteiger partial charge in [0.2, 0.25) is 0 Å². The molecule has 0 aromatic carbocycles. The van der Waals surface area contributed by atoms with Crippen LogP contribution in [0.1, 0.15) is 26.7 Å². The minimum atomic E-state index is -2.12. The Morgan fingerprint density at radius 2 is 2.11 bits per heavy atom. The van der Waals surface area contributed by atoms with E-state index in [1.807, 2.05) is 0 Å². The van der Waals surface area contributed by atoms with E-state index in [9.17, 15) is 24.6 Å². The molecule has 0 aliphatic carbocycles. The molecule has 2 N–H and O–H groups in total. The second-order valence-electron chi connectivity index (χ2n) is 5.20. The van der Waals surface area contributed by atoms with Gasteiger partial charge in [-0.05, 0) is 13.8 Å². The van der Waals surface area contributed by atoms with Crippen molar-refractivity contribution in [3.8, 4) is 0 Å². The lowest BCUT2D eigenvalue weighted by Gasteiger charge is -2.31. The summed E-state index contributed by atoms with van der Waals surface area (Å²) in [6.45, 7) is 2.70. The zero-order valence-electron chi connectivity index (χ0n) is 10.6. The van der Waals surface area contributed by atoms with Crippen LogP contribution >= 0.6 is 0 Å². The van der Waals surface area contributed by atoms with Crippen molar-refractivity contribution in [2.24, 2.45) is 5.92 Å². The van der Waals surface area contributed by atoms with Crippen LogP contribution in [-0.4, -0.2) is 51.1 Å². The summed E-state index contributed by atoms with van der Waals surface area (Å²) in [5, 5.41) is 19.6. The number of rotatable bonds is 3. The molecular weight excluding hydrogens is 258 g/mol. The van der Waals surface area contributed by atoms with Gasteiger partial charge in [-0.2, -0.15) is 5.06 Å². The Kier molecular flexibility index (Phi) is 3.02. The molecule has 0 aromatic heterocycles. The summed E-state index contributed by atoms with van der Waals surface area (Å²) in [5.41, 5.74) is -3.47. The number of carboxylic acids is 1. The van der Waals surface area contributed by atoms with Gasteiger partial charge in [-0.1, -0.05) is 0 Å². The number of carbonyl (C=O) groups is 3. The molecule has 0 spiro atoms. The van der Waals surface area contributed by atoms with Gasteiger partial charge in [0.25, 0.3) is 5.91 Å². The number of hydroxylamine groups is 2. The van der Waals surface area contributed by atoms with Crippen molar-refractivity contribution in [1.29, 1.82) is 0 Å². The number of ether oxygens (including phenoxy) is 1. The molecule has 2 fully saturated rings. The predicted molar refractivity (Wildman–Crippen MR) is 58.3 cm³/mol. The second-order valence-corrected chi connectivity index (χ2v) is 5.20. The Hall–Kier alpha value is -1.67. The number of amides is 1. The van der Waals surface area contributed by atoms with E-state index in [0.717, 1.165) is 0 Å². The molecular formula is C11H15NO7. The first-order valence-electron chi connectivity index (χ1n) is 5.83. The number of esters is 1. The van der Waals surface area contributed by atoms with Gasteiger partial charge < -0.3 is 14.9 Å². The summed E-state index contributed by atoms with van der Waals surface area (Å²) in [4.78, 5) is 39.7. The van der Waals surface area contributed by atoms with Crippen LogP contribution in [0.25, 0.3) is 0 Å². The van der Waals surface area contributed by atoms with Gasteiger partial charge in [0, 0.05) is 6.42 Å². The minimum absolute atomic E-state index is 0.105. The molecule has 0 aromatic rings. The lowest BCUT2D eigenvalue weighted by atomic mass is 9.91. The molecule has 2 saturated heterocycles. The van der Waals surface area contributed by atoms with Crippen LogP contribution in [0, 0.1) is 5.92 Å². The van der Waals surface area contributed by atoms with Crippen LogP contribution in [0.3, 0.4) is 0 Å². The monoisotopic (exact) mass is 273 g/mol. The topological polar surface area (TPSA) is 113 Å². The van der Waals surface area contributed by atoms with Crippen LogP contribution in [-0.2, 0) is 24.0 Å². The Balaban J connectivity index is 2.29. The maximum atomic E-state index is 12.1. The summed E-state index contributed by atoms with van der Waals surface area (Å²) in [6.07, 6.45) is -0.280. The van der Waals surface area contributed by atoms with E-state index >= 15 is 0 Å². The molecule has 2 heterocycles. The van der Waals surface area contributed by atoms with Crippen LogP contribution in [0.4, 0.5) is 0 Å². The quantitative estimate of drug-likeness (QED) is 0.651. The van der Waals surface area contributed by atoms with Crippen LogP contribution in [0.5, 0.6) is 0 Å². The Bertz CT molecular complexity index is 441. The number of cyclic esters (lactones) is 1. The molecule has 8 heteroatoms. The number of carbonyl (C=O) groups excluding carboxylic acids is 2. The number of hydrogen-bond acceptors (Lipinski definition) is 6. The Morgan fingerprint density at radius 3 is 2.47 bits per heavy atom. The molecule has 1 amide bonds. The average molecular weight is 273 g/mol. The van der Waals surface area contributed by atoms with E-state index in [1.54, 1.807) is 0 Å². The summed E-state index contributed by atoms with van der Waals surface area (Å²) in [7, 11) is 0. The van der Waals surface area contributed by atoms with Crippen molar-refractivity contribution in [3.05, 3.63) is 0 Å². The van der Waals surface area contributed by atoms with Crippen molar-refractivity contribution in [2.45, 2.75) is 38.0 Å². The van der Waals surface area contributed by atoms with Crippen LogP contribution < -0.4 is 0 Å². The first-order valence-corrected chi connectivity index (χ1v) is 5.83. The van der Waals surface area contributed by atoms with Gasteiger partial charge in [-0.3, -0.25) is 14.4 Å². The van der Waals surface area contributed by atoms with Gasteiger partial charge in [0.15, 0.2) is 0 Å². The van der Waals surface area contributed by atoms with Crippen molar-refractivity contribution in [2.75, 3.05) is 6.61 Å². The molecule has 2 aliphatic heterocycles. The van der Waals surface area contributed by atoms with Gasteiger partial charge in [0.1, 0.15) is 0 Å². The van der Waals surface area contributed by atoms with E-state index in [0.29, 0.717) is 5.06 Å². The number of hydrogen-bond donors (Lipinski definition) is 2. The highest BCUT2D eigenvalue weighted by Crippen LogP contribution is 2.37. The number of aliphatic carboxylic acids is 1. The molecule has 0 radical (unpaired) electrons. The fourth-order valence-corrected chi connectivity index (χ4v) is 2.16. The first kappa shape index (κ1) is 13.8. The minimum Gasteiger partial charge on any atom is -0.477 e. The van der Waals surface area contributed by atoms with Gasteiger partial charge in [0.05, 0.1) is 24.5 Å². The number of carboxylic acid groups (broad SMARTS) is 1. The third-order valence-electron chi connectivity index (χ3n) is 3.33. The molecule has 2 atom stereocenters. The van der Waals surface area contributed by atoms with Gasteiger partial charge in [-0.25, -0.2) is 4.79 Å². The zero-order valence-corrected chi connectivity index (χ0v) is 10.6. The van der Waals surface area contributed by atoms with E-state index in [4.69, 9.17) is 9.57 Å². The van der Waals surface area contributed by atoms with Crippen LogP contribution in [0.15, 0.2) is 0 Å². The highest BCUT2D eigenvalue weighted by molar-refractivity contribution is 5.91. The van der Waals surface area contributed by atoms with E-state index in [2.05, 4.69) is 0 Å². The van der Waals surface area contributed by atoms with Crippen molar-refractivity contribution >= 4 is 17.8 Å². The smallest absolute Gasteiger partial charge is 0.372 e. The maximum Gasteiger partial charge on any atom is 0.372 e. The third-order valence-corrected chi connectivity index (χ3v) is 3.33. The predicted octanol–water partition coefficient (Wildman–Crippen LogP) is -0.735. The number of nitrogens with zero attached hydrogens (tertiary/aromatic N) is 1. The van der Waals surface area contributed by atoms with Gasteiger partial charge in [-0.15, -0.1) is 0 Å². The fraction of sp³-hybridized carbons (Fsp3) is 0.727. The van der Waals surface area contributed by atoms with Crippen molar-refractivity contribution in [1.82, 2.24) is 5.06 Å². The Morgan fingerprint density at radius 1 is 1.47 bits per heavy atom. The summed E-state index contributed by atoms with van der Waals surface area (Å²) in [6, 6.07) is 0. The SMILES string of the molecule is CC(C)(O)[C@@H]1CON(C2(C(=O)O)CCC(=O)O2)C1=O. The summed E-state index contributed by atoms with van der Waals surface area (Å²) in [5.74, 6) is -3.78. The third kappa shape index (κ3) is 2.06. The molecule has 0 saturated carbocycles. The van der Waals surface area contributed by atoms with Crippen molar-refractivity contribution < 1.29 is 34.2 Å². The second kappa shape index (κ2) is 4.17. The van der Waals surface area contributed by atoms with E-state index in [-0.39, 0.29) is 19.4 Å². The highest BCUT2D eigenvalue weighted by atomic mass is 16.7. The lowest BCUT2D eigenvalue weighted by molar-refractivity contribution is -0.256. The molecule has 0 bridgehead atoms. The fourth-order valence-electron chi connectivity index (χ4n) is 2.16. The molecule has 8 nitrogen and oxygen atoms in total. The lowest BCUT2D eigenvalue weighted by Crippen LogP contribution is -2.56. The normalized spacial score (nSPS) is 31.7. The van der Waals surface area contributed by atoms with E-state index in [1.165, 1.54) is 13.8 Å². The summed E-state index contributed by atoms with van der Waals surface area (Å²) >= 11 is 0. The molecule has 1 unspecified atom stereocenters. The van der Waals surface area contributed by atoms with Gasteiger partial charge >= 0.3 is 17.7 Å². The van der Waals surface area contributed by atoms with Crippen LogP contribution in [0.2, 0.25) is 0 Å². The molecule has 2 aliphatic rings. The molecule has 2 rings (SSSR count). The zero-order chi connectivity index (χ0) is 14.4. The van der Waals surface area contributed by atoms with Crippen molar-refractivity contribution in [3.63, 3.8) is 0 Å². The molecule has 19 heavy (non-hydrogen) atoms. The highest BCUT2D eigenvalue weighted by Gasteiger charge is 2.60. The maximum absolute atomic E-state index is 12.1. The first-order chi connectivity index (χ1) is 8.68. The van der Waals surface area contributed by atoms with E-state index < -0.39 is 35.1 Å². The standard InChI is InChI=1S/C11H15NO7/c1-10(2,17)6-5-18-12(8(6)14)11(9(15)16)4-3-7(13)19-11/h6,17H,3-5H2,1-2H3,(H,15,16)/t6-,11?/m1/s1.